The van der Waals surface area contributed by atoms with E-state index in [1.165, 1.54) is 135 Å². The Kier molecular flexibility index (Phi) is 61.8. The fraction of sp³-hybridized carbons (Fsp3) is 0.732. The number of hydrogen-bond donors (Lipinski definition) is 0. The molecule has 0 saturated carbocycles. The maximum absolute atomic E-state index is 12.9. The van der Waals surface area contributed by atoms with Crippen LogP contribution >= 0.6 is 0 Å². The van der Waals surface area contributed by atoms with E-state index in [9.17, 15) is 14.4 Å². The van der Waals surface area contributed by atoms with Crippen LogP contribution in [0.4, 0.5) is 0 Å². The average Bonchev–Trinajstić information content (AvgIpc) is 3.43. The molecule has 1 unspecified atom stereocenters. The van der Waals surface area contributed by atoms with Crippen molar-refractivity contribution in [3.05, 3.63) is 97.2 Å². The van der Waals surface area contributed by atoms with Crippen LogP contribution in [-0.4, -0.2) is 37.2 Å². The van der Waals surface area contributed by atoms with Crippen molar-refractivity contribution in [1.82, 2.24) is 0 Å². The number of hydrogen-bond acceptors (Lipinski definition) is 6. The zero-order chi connectivity index (χ0) is 55.7. The predicted octanol–water partition coefficient (Wildman–Crippen LogP) is 22.4. The van der Waals surface area contributed by atoms with Gasteiger partial charge in [-0.1, -0.05) is 279 Å². The molecule has 0 aliphatic heterocycles. The van der Waals surface area contributed by atoms with Crippen LogP contribution in [0.2, 0.25) is 0 Å². The average molecular weight is 1070 g/mol. The van der Waals surface area contributed by atoms with Crippen molar-refractivity contribution in [3.8, 4) is 0 Å². The molecule has 0 radical (unpaired) electrons. The summed E-state index contributed by atoms with van der Waals surface area (Å²) in [6.45, 7) is 6.46. The Bertz CT molecular complexity index is 1510. The summed E-state index contributed by atoms with van der Waals surface area (Å²) in [5.41, 5.74) is 0. The van der Waals surface area contributed by atoms with E-state index in [0.717, 1.165) is 141 Å². The fourth-order valence-electron chi connectivity index (χ4n) is 9.15. The monoisotopic (exact) mass is 1070 g/mol. The van der Waals surface area contributed by atoms with Gasteiger partial charge < -0.3 is 14.2 Å². The summed E-state index contributed by atoms with van der Waals surface area (Å²) in [5.74, 6) is -0.914. The molecule has 0 amide bonds. The smallest absolute Gasteiger partial charge is 0.306 e. The van der Waals surface area contributed by atoms with E-state index in [4.69, 9.17) is 14.2 Å². The first kappa shape index (κ1) is 73.3. The van der Waals surface area contributed by atoms with Crippen molar-refractivity contribution in [1.29, 1.82) is 0 Å². The van der Waals surface area contributed by atoms with E-state index in [1.807, 2.05) is 0 Å². The fourth-order valence-corrected chi connectivity index (χ4v) is 9.15. The van der Waals surface area contributed by atoms with Crippen molar-refractivity contribution >= 4 is 17.9 Å². The molecular formula is C71H122O6. The molecule has 0 aromatic carbocycles. The van der Waals surface area contributed by atoms with Gasteiger partial charge in [-0.05, 0) is 116 Å². The van der Waals surface area contributed by atoms with Gasteiger partial charge in [-0.2, -0.15) is 0 Å². The van der Waals surface area contributed by atoms with Crippen molar-refractivity contribution in [2.75, 3.05) is 13.2 Å². The number of esters is 3. The van der Waals surface area contributed by atoms with Crippen LogP contribution in [0.25, 0.3) is 0 Å². The molecule has 0 bridgehead atoms. The third-order valence-electron chi connectivity index (χ3n) is 14.0. The van der Waals surface area contributed by atoms with Gasteiger partial charge in [0, 0.05) is 19.3 Å². The molecule has 0 heterocycles. The molecule has 442 valence electrons. The molecule has 6 nitrogen and oxygen atoms in total. The van der Waals surface area contributed by atoms with Crippen LogP contribution in [0.15, 0.2) is 97.2 Å². The number of ether oxygens (including phenoxy) is 3. The zero-order valence-electron chi connectivity index (χ0n) is 50.7. The minimum atomic E-state index is -0.796. The second-order valence-corrected chi connectivity index (χ2v) is 21.6. The highest BCUT2D eigenvalue weighted by atomic mass is 16.6. The summed E-state index contributed by atoms with van der Waals surface area (Å²) in [7, 11) is 0. The SMILES string of the molecule is CC/C=C\C/C=C\C/C=C\C/C=C\C/C=C\CCCCCCCC(=O)OC(COC(=O)CCCCCCC/C=C\C/C=C\CCC)COC(=O)CCCCCCCCCCCCCCC/C=C\CCCCCCCCCC. The summed E-state index contributed by atoms with van der Waals surface area (Å²) in [5, 5.41) is 0. The summed E-state index contributed by atoms with van der Waals surface area (Å²) in [6.07, 6.45) is 87.1. The Balaban J connectivity index is 4.34. The van der Waals surface area contributed by atoms with E-state index < -0.39 is 6.10 Å². The molecule has 0 saturated heterocycles. The molecule has 0 spiro atoms. The Morgan fingerprint density at radius 3 is 0.857 bits per heavy atom. The summed E-state index contributed by atoms with van der Waals surface area (Å²) >= 11 is 0. The lowest BCUT2D eigenvalue weighted by Crippen LogP contribution is -2.30. The number of rotatable bonds is 59. The lowest BCUT2D eigenvalue weighted by molar-refractivity contribution is -0.167. The van der Waals surface area contributed by atoms with Crippen LogP contribution < -0.4 is 0 Å². The quantitative estimate of drug-likeness (QED) is 0.0261. The Labute approximate surface area is 477 Å². The molecule has 0 aromatic rings. The van der Waals surface area contributed by atoms with E-state index >= 15 is 0 Å². The second-order valence-electron chi connectivity index (χ2n) is 21.6. The standard InChI is InChI=1S/C71H122O6/c1-4-7-10-13-16-19-22-25-27-29-31-33-34-35-36-38-39-41-43-46-49-52-55-58-61-64-70(73)76-67-68(66-75-69(72)63-60-57-54-51-48-45-24-21-18-15-12-9-6-3)77-71(74)65-62-59-56-53-50-47-44-42-40-37-32-30-28-26-23-20-17-14-11-8-5-2/h8,11-12,15,17,20-21,24,26,28-29,31-32,37,42,44,68H,4-7,9-10,13-14,16,18-19,22-23,25,27,30,33-36,38-41,43,45-67H2,1-3H3/b11-8-,15-12-,20-17-,24-21-,28-26-,31-29-,37-32-,44-42-. The van der Waals surface area contributed by atoms with Gasteiger partial charge in [0.05, 0.1) is 0 Å². The minimum absolute atomic E-state index is 0.0894. The van der Waals surface area contributed by atoms with Gasteiger partial charge in [-0.25, -0.2) is 0 Å². The van der Waals surface area contributed by atoms with Crippen LogP contribution in [0.1, 0.15) is 316 Å². The van der Waals surface area contributed by atoms with Gasteiger partial charge in [0.1, 0.15) is 13.2 Å². The topological polar surface area (TPSA) is 78.9 Å². The van der Waals surface area contributed by atoms with E-state index in [-0.39, 0.29) is 31.1 Å². The van der Waals surface area contributed by atoms with Crippen LogP contribution in [0.3, 0.4) is 0 Å². The van der Waals surface area contributed by atoms with Gasteiger partial charge in [0.25, 0.3) is 0 Å². The maximum atomic E-state index is 12.9. The zero-order valence-corrected chi connectivity index (χ0v) is 50.7. The molecule has 6 heteroatoms. The molecule has 0 aliphatic rings. The predicted molar refractivity (Wildman–Crippen MR) is 334 cm³/mol. The third-order valence-corrected chi connectivity index (χ3v) is 14.0. The lowest BCUT2D eigenvalue weighted by atomic mass is 10.0. The highest BCUT2D eigenvalue weighted by molar-refractivity contribution is 5.71. The maximum Gasteiger partial charge on any atom is 0.306 e. The van der Waals surface area contributed by atoms with Gasteiger partial charge in [-0.15, -0.1) is 0 Å². The molecule has 77 heavy (non-hydrogen) atoms. The highest BCUT2D eigenvalue weighted by Gasteiger charge is 2.19. The molecule has 0 aromatic heterocycles. The number of unbranched alkanes of at least 4 members (excludes halogenated alkanes) is 32. The molecule has 0 aliphatic carbocycles. The van der Waals surface area contributed by atoms with Crippen LogP contribution in [-0.2, 0) is 28.6 Å². The highest BCUT2D eigenvalue weighted by Crippen LogP contribution is 2.16. The Morgan fingerprint density at radius 2 is 0.532 bits per heavy atom. The first-order chi connectivity index (χ1) is 38.0. The Morgan fingerprint density at radius 1 is 0.273 bits per heavy atom. The lowest BCUT2D eigenvalue weighted by Gasteiger charge is -2.18. The second kappa shape index (κ2) is 64.9. The third kappa shape index (κ3) is 63.0. The van der Waals surface area contributed by atoms with Crippen molar-refractivity contribution in [2.24, 2.45) is 0 Å². The number of carbonyl (C=O) groups excluding carboxylic acids is 3. The van der Waals surface area contributed by atoms with Crippen molar-refractivity contribution < 1.29 is 28.6 Å². The summed E-state index contributed by atoms with van der Waals surface area (Å²) < 4.78 is 16.9. The van der Waals surface area contributed by atoms with Crippen molar-refractivity contribution in [3.63, 3.8) is 0 Å². The number of carbonyl (C=O) groups is 3. The molecular weight excluding hydrogens is 949 g/mol. The van der Waals surface area contributed by atoms with Gasteiger partial charge >= 0.3 is 17.9 Å². The molecule has 0 rings (SSSR count). The molecule has 1 atom stereocenters. The normalized spacial score (nSPS) is 12.7. The minimum Gasteiger partial charge on any atom is -0.462 e. The van der Waals surface area contributed by atoms with E-state index in [1.54, 1.807) is 0 Å². The van der Waals surface area contributed by atoms with Crippen molar-refractivity contribution in [2.45, 2.75) is 322 Å². The van der Waals surface area contributed by atoms with Gasteiger partial charge in [0.15, 0.2) is 6.10 Å². The van der Waals surface area contributed by atoms with E-state index in [0.29, 0.717) is 19.3 Å². The molecule has 0 fully saturated rings. The van der Waals surface area contributed by atoms with E-state index in [2.05, 4.69) is 118 Å². The molecule has 0 N–H and O–H groups in total. The van der Waals surface area contributed by atoms with Gasteiger partial charge in [0.2, 0.25) is 0 Å². The first-order valence-electron chi connectivity index (χ1n) is 32.7. The van der Waals surface area contributed by atoms with Crippen LogP contribution in [0, 0.1) is 0 Å². The summed E-state index contributed by atoms with van der Waals surface area (Å²) in [6, 6.07) is 0. The summed E-state index contributed by atoms with van der Waals surface area (Å²) in [4.78, 5) is 38.3. The largest absolute Gasteiger partial charge is 0.462 e. The van der Waals surface area contributed by atoms with Gasteiger partial charge in [-0.3, -0.25) is 14.4 Å². The number of allylic oxidation sites excluding steroid dienone is 16. The van der Waals surface area contributed by atoms with Crippen LogP contribution in [0.5, 0.6) is 0 Å². The first-order valence-corrected chi connectivity index (χ1v) is 32.7. The Hall–Kier alpha value is -3.67.